The van der Waals surface area contributed by atoms with Gasteiger partial charge in [0, 0.05) is 17.7 Å². The van der Waals surface area contributed by atoms with E-state index in [1.54, 1.807) is 25.2 Å². The van der Waals surface area contributed by atoms with Crippen LogP contribution in [0.1, 0.15) is 0 Å². The van der Waals surface area contributed by atoms with Crippen molar-refractivity contribution in [2.45, 2.75) is 5.03 Å². The monoisotopic (exact) mass is 409 g/mol. The van der Waals surface area contributed by atoms with Crippen LogP contribution in [0.5, 0.6) is 0 Å². The summed E-state index contributed by atoms with van der Waals surface area (Å²) in [6.07, 6.45) is 1.39. The summed E-state index contributed by atoms with van der Waals surface area (Å²) in [5.41, 5.74) is 0.557. The molecule has 0 aliphatic carbocycles. The third kappa shape index (κ3) is 3.42. The van der Waals surface area contributed by atoms with E-state index in [1.807, 2.05) is 0 Å². The number of rotatable bonds is 4. The Labute approximate surface area is 140 Å². The predicted octanol–water partition coefficient (Wildman–Crippen LogP) is 3.99. The van der Waals surface area contributed by atoms with Crippen LogP contribution in [0.25, 0.3) is 0 Å². The molecule has 5 nitrogen and oxygen atoms in total. The quantitative estimate of drug-likeness (QED) is 0.747. The van der Waals surface area contributed by atoms with Crippen LogP contribution >= 0.6 is 39.1 Å². The lowest BCUT2D eigenvalue weighted by Crippen LogP contribution is -2.16. The molecule has 0 unspecified atom stereocenters. The molecule has 0 atom stereocenters. The first-order valence-electron chi connectivity index (χ1n) is 5.66. The van der Waals surface area contributed by atoms with Crippen molar-refractivity contribution in [1.29, 1.82) is 0 Å². The first-order chi connectivity index (χ1) is 9.86. The van der Waals surface area contributed by atoms with Crippen LogP contribution in [0.2, 0.25) is 10.0 Å². The van der Waals surface area contributed by atoms with Gasteiger partial charge in [-0.1, -0.05) is 23.2 Å². The highest BCUT2D eigenvalue weighted by atomic mass is 79.9. The van der Waals surface area contributed by atoms with Gasteiger partial charge in [-0.25, -0.2) is 4.98 Å². The van der Waals surface area contributed by atoms with Crippen molar-refractivity contribution in [1.82, 2.24) is 4.98 Å². The average Bonchev–Trinajstić information content (AvgIpc) is 2.48. The fourth-order valence-corrected chi connectivity index (χ4v) is 3.69. The summed E-state index contributed by atoms with van der Waals surface area (Å²) in [7, 11) is -2.28. The lowest BCUT2D eigenvalue weighted by Gasteiger charge is -2.12. The Morgan fingerprint density at radius 2 is 1.86 bits per heavy atom. The van der Waals surface area contributed by atoms with Crippen LogP contribution < -0.4 is 10.0 Å². The molecule has 0 amide bonds. The fraction of sp³-hybridized carbons (Fsp3) is 0.0833. The van der Waals surface area contributed by atoms with Crippen LogP contribution in [0, 0.1) is 0 Å². The molecular formula is C12H10BrCl2N3O2S. The van der Waals surface area contributed by atoms with Gasteiger partial charge in [0.25, 0.3) is 10.0 Å². The second kappa shape index (κ2) is 6.39. The van der Waals surface area contributed by atoms with Gasteiger partial charge in [-0.15, -0.1) is 0 Å². The maximum absolute atomic E-state index is 12.4. The Balaban J connectivity index is 2.45. The Kier molecular flexibility index (Phi) is 4.98. The number of halogens is 3. The Morgan fingerprint density at radius 1 is 1.14 bits per heavy atom. The Hall–Kier alpha value is -1.02. The first kappa shape index (κ1) is 16.4. The van der Waals surface area contributed by atoms with E-state index in [9.17, 15) is 8.42 Å². The molecule has 1 aromatic carbocycles. The van der Waals surface area contributed by atoms with Gasteiger partial charge >= 0.3 is 0 Å². The van der Waals surface area contributed by atoms with Crippen molar-refractivity contribution in [2.75, 3.05) is 17.1 Å². The normalized spacial score (nSPS) is 11.2. The van der Waals surface area contributed by atoms with Gasteiger partial charge in [0.15, 0.2) is 5.03 Å². The van der Waals surface area contributed by atoms with E-state index >= 15 is 0 Å². The lowest BCUT2D eigenvalue weighted by molar-refractivity contribution is 0.598. The van der Waals surface area contributed by atoms with E-state index in [0.717, 1.165) is 0 Å². The molecular weight excluding hydrogens is 401 g/mol. The van der Waals surface area contributed by atoms with Gasteiger partial charge in [0.1, 0.15) is 0 Å². The van der Waals surface area contributed by atoms with Crippen LogP contribution in [-0.2, 0) is 10.0 Å². The van der Waals surface area contributed by atoms with Crippen molar-refractivity contribution in [2.24, 2.45) is 0 Å². The van der Waals surface area contributed by atoms with Crippen molar-refractivity contribution < 1.29 is 8.42 Å². The minimum absolute atomic E-state index is 0.108. The highest BCUT2D eigenvalue weighted by molar-refractivity contribution is 9.10. The number of nitrogens with one attached hydrogen (secondary N) is 2. The number of nitrogens with zero attached hydrogens (tertiary/aromatic N) is 1. The van der Waals surface area contributed by atoms with E-state index < -0.39 is 10.0 Å². The molecule has 1 aromatic heterocycles. The molecule has 0 radical (unpaired) electrons. The lowest BCUT2D eigenvalue weighted by atomic mass is 10.3. The average molecular weight is 411 g/mol. The third-order valence-corrected chi connectivity index (χ3v) is 5.67. The van der Waals surface area contributed by atoms with Gasteiger partial charge < -0.3 is 5.32 Å². The standard InChI is InChI=1S/C12H10BrCl2N3O2S/c1-16-9-3-2-6-17-12(9)21(19,20)18-8-5-4-7(13)10(14)11(8)15/h2-6,16,18H,1H3. The molecule has 0 saturated carbocycles. The summed E-state index contributed by atoms with van der Waals surface area (Å²) in [4.78, 5) is 3.89. The summed E-state index contributed by atoms with van der Waals surface area (Å²) in [6, 6.07) is 6.35. The van der Waals surface area contributed by atoms with E-state index in [2.05, 4.69) is 31.0 Å². The topological polar surface area (TPSA) is 71.1 Å². The Bertz CT molecular complexity index is 784. The number of hydrogen-bond acceptors (Lipinski definition) is 4. The smallest absolute Gasteiger partial charge is 0.281 e. The molecule has 0 aliphatic heterocycles. The second-order valence-electron chi connectivity index (χ2n) is 3.93. The predicted molar refractivity (Wildman–Crippen MR) is 88.8 cm³/mol. The molecule has 112 valence electrons. The van der Waals surface area contributed by atoms with E-state index in [-0.39, 0.29) is 20.8 Å². The zero-order chi connectivity index (χ0) is 15.6. The number of aromatic nitrogens is 1. The highest BCUT2D eigenvalue weighted by Crippen LogP contribution is 2.36. The Morgan fingerprint density at radius 3 is 2.52 bits per heavy atom. The number of pyridine rings is 1. The SMILES string of the molecule is CNc1cccnc1S(=O)(=O)Nc1ccc(Br)c(Cl)c1Cl. The van der Waals surface area contributed by atoms with Crippen molar-refractivity contribution >= 4 is 60.5 Å². The second-order valence-corrected chi connectivity index (χ2v) is 7.14. The molecule has 21 heavy (non-hydrogen) atoms. The van der Waals surface area contributed by atoms with Crippen LogP contribution in [0.4, 0.5) is 11.4 Å². The van der Waals surface area contributed by atoms with Gasteiger partial charge in [0.2, 0.25) is 0 Å². The van der Waals surface area contributed by atoms with Gasteiger partial charge in [-0.05, 0) is 40.2 Å². The van der Waals surface area contributed by atoms with Crippen LogP contribution in [0.15, 0.2) is 40.0 Å². The van der Waals surface area contributed by atoms with Gasteiger partial charge in [0.05, 0.1) is 21.4 Å². The number of anilines is 2. The van der Waals surface area contributed by atoms with Gasteiger partial charge in [-0.2, -0.15) is 8.42 Å². The third-order valence-electron chi connectivity index (χ3n) is 2.57. The minimum Gasteiger partial charge on any atom is -0.386 e. The zero-order valence-electron chi connectivity index (χ0n) is 10.7. The number of sulfonamides is 1. The molecule has 2 N–H and O–H groups in total. The molecule has 2 aromatic rings. The maximum Gasteiger partial charge on any atom is 0.281 e. The van der Waals surface area contributed by atoms with E-state index in [0.29, 0.717) is 10.2 Å². The molecule has 1 heterocycles. The van der Waals surface area contributed by atoms with Gasteiger partial charge in [-0.3, -0.25) is 4.72 Å². The molecule has 0 bridgehead atoms. The van der Waals surface area contributed by atoms with Crippen molar-refractivity contribution in [3.05, 3.63) is 45.0 Å². The molecule has 0 aliphatic rings. The van der Waals surface area contributed by atoms with Crippen molar-refractivity contribution in [3.63, 3.8) is 0 Å². The van der Waals surface area contributed by atoms with E-state index in [4.69, 9.17) is 23.2 Å². The highest BCUT2D eigenvalue weighted by Gasteiger charge is 2.21. The largest absolute Gasteiger partial charge is 0.386 e. The van der Waals surface area contributed by atoms with Crippen LogP contribution in [-0.4, -0.2) is 20.4 Å². The van der Waals surface area contributed by atoms with Crippen LogP contribution in [0.3, 0.4) is 0 Å². The summed E-state index contributed by atoms with van der Waals surface area (Å²) >= 11 is 15.2. The number of hydrogen-bond donors (Lipinski definition) is 2. The summed E-state index contributed by atoms with van der Waals surface area (Å²) in [5, 5.41) is 2.99. The molecule has 0 spiro atoms. The number of benzene rings is 1. The molecule has 2 rings (SSSR count). The summed E-state index contributed by atoms with van der Waals surface area (Å²) < 4.78 is 27.8. The van der Waals surface area contributed by atoms with Crippen molar-refractivity contribution in [3.8, 4) is 0 Å². The first-order valence-corrected chi connectivity index (χ1v) is 8.69. The molecule has 0 saturated heterocycles. The molecule has 9 heteroatoms. The summed E-state index contributed by atoms with van der Waals surface area (Å²) in [6.45, 7) is 0. The molecule has 0 fully saturated rings. The fourth-order valence-electron chi connectivity index (χ4n) is 1.59. The maximum atomic E-state index is 12.4. The minimum atomic E-state index is -3.89. The summed E-state index contributed by atoms with van der Waals surface area (Å²) in [5.74, 6) is 0. The van der Waals surface area contributed by atoms with E-state index in [1.165, 1.54) is 12.3 Å². The zero-order valence-corrected chi connectivity index (χ0v) is 14.6.